The summed E-state index contributed by atoms with van der Waals surface area (Å²) in [4.78, 5) is 17.3. The Morgan fingerprint density at radius 3 is 2.31 bits per heavy atom. The van der Waals surface area contributed by atoms with E-state index in [0.717, 1.165) is 31.6 Å². The van der Waals surface area contributed by atoms with Crippen LogP contribution in [-0.2, 0) is 9.63 Å². The van der Waals surface area contributed by atoms with Gasteiger partial charge in [0.2, 0.25) is 5.91 Å². The van der Waals surface area contributed by atoms with Gasteiger partial charge in [-0.05, 0) is 44.4 Å². The summed E-state index contributed by atoms with van der Waals surface area (Å²) >= 11 is 0. The zero-order chi connectivity index (χ0) is 11.4. The molecule has 1 N–H and O–H groups in total. The molecule has 0 aromatic heterocycles. The SMILES string of the molecule is CC1CCC(C(=O)NOC2CCCC2)CC1. The van der Waals surface area contributed by atoms with Crippen molar-refractivity contribution in [3.05, 3.63) is 0 Å². The van der Waals surface area contributed by atoms with E-state index in [1.54, 1.807) is 0 Å². The molecule has 0 aromatic carbocycles. The van der Waals surface area contributed by atoms with Crippen LogP contribution in [0.2, 0.25) is 0 Å². The minimum Gasteiger partial charge on any atom is -0.273 e. The monoisotopic (exact) mass is 225 g/mol. The van der Waals surface area contributed by atoms with Crippen LogP contribution in [0.1, 0.15) is 58.3 Å². The smallest absolute Gasteiger partial charge is 0.246 e. The summed E-state index contributed by atoms with van der Waals surface area (Å²) < 4.78 is 0. The summed E-state index contributed by atoms with van der Waals surface area (Å²) in [5.41, 5.74) is 2.67. The summed E-state index contributed by atoms with van der Waals surface area (Å²) in [6.07, 6.45) is 9.37. The van der Waals surface area contributed by atoms with Gasteiger partial charge in [-0.3, -0.25) is 9.63 Å². The predicted molar refractivity (Wildman–Crippen MR) is 62.6 cm³/mol. The van der Waals surface area contributed by atoms with Crippen LogP contribution >= 0.6 is 0 Å². The molecule has 0 heterocycles. The molecule has 0 saturated heterocycles. The lowest BCUT2D eigenvalue weighted by atomic mass is 9.83. The average molecular weight is 225 g/mol. The number of carbonyl (C=O) groups is 1. The molecule has 2 rings (SSSR count). The quantitative estimate of drug-likeness (QED) is 0.750. The Bertz CT molecular complexity index is 228. The van der Waals surface area contributed by atoms with Gasteiger partial charge in [-0.2, -0.15) is 0 Å². The summed E-state index contributed by atoms with van der Waals surface area (Å²) in [5, 5.41) is 0. The van der Waals surface area contributed by atoms with E-state index in [1.807, 2.05) is 0 Å². The number of rotatable bonds is 3. The van der Waals surface area contributed by atoms with Crippen LogP contribution in [-0.4, -0.2) is 12.0 Å². The van der Waals surface area contributed by atoms with Crippen molar-refractivity contribution in [2.24, 2.45) is 11.8 Å². The minimum absolute atomic E-state index is 0.110. The molecule has 1 amide bonds. The number of hydrogen-bond acceptors (Lipinski definition) is 2. The van der Waals surface area contributed by atoms with Gasteiger partial charge in [0.25, 0.3) is 0 Å². The highest BCUT2D eigenvalue weighted by molar-refractivity contribution is 5.77. The first kappa shape index (κ1) is 11.9. The van der Waals surface area contributed by atoms with Crippen molar-refractivity contribution in [3.63, 3.8) is 0 Å². The molecule has 3 heteroatoms. The van der Waals surface area contributed by atoms with E-state index in [2.05, 4.69) is 12.4 Å². The minimum atomic E-state index is 0.110. The predicted octanol–water partition coefficient (Wildman–Crippen LogP) is 2.80. The van der Waals surface area contributed by atoms with Crippen LogP contribution in [0.5, 0.6) is 0 Å². The van der Waals surface area contributed by atoms with Crippen LogP contribution in [0.3, 0.4) is 0 Å². The first-order valence-electron chi connectivity index (χ1n) is 6.71. The molecule has 0 bridgehead atoms. The van der Waals surface area contributed by atoms with E-state index in [4.69, 9.17) is 4.84 Å². The number of hydroxylamine groups is 1. The van der Waals surface area contributed by atoms with E-state index >= 15 is 0 Å². The molecular weight excluding hydrogens is 202 g/mol. The molecule has 0 aliphatic heterocycles. The second-order valence-electron chi connectivity index (χ2n) is 5.45. The fraction of sp³-hybridized carbons (Fsp3) is 0.923. The van der Waals surface area contributed by atoms with E-state index in [-0.39, 0.29) is 17.9 Å². The summed E-state index contributed by atoms with van der Waals surface area (Å²) in [6.45, 7) is 2.27. The third kappa shape index (κ3) is 3.21. The third-order valence-electron chi connectivity index (χ3n) is 4.02. The highest BCUT2D eigenvalue weighted by atomic mass is 16.7. The first-order valence-corrected chi connectivity index (χ1v) is 6.71. The van der Waals surface area contributed by atoms with Crippen LogP contribution in [0, 0.1) is 11.8 Å². The lowest BCUT2D eigenvalue weighted by molar-refractivity contribution is -0.143. The topological polar surface area (TPSA) is 38.3 Å². The molecule has 0 radical (unpaired) electrons. The molecule has 0 atom stereocenters. The van der Waals surface area contributed by atoms with Gasteiger partial charge in [0.15, 0.2) is 0 Å². The van der Waals surface area contributed by atoms with Crippen molar-refractivity contribution in [3.8, 4) is 0 Å². The van der Waals surface area contributed by atoms with Crippen molar-refractivity contribution in [2.45, 2.75) is 64.4 Å². The van der Waals surface area contributed by atoms with Gasteiger partial charge in [-0.1, -0.05) is 19.8 Å². The van der Waals surface area contributed by atoms with Gasteiger partial charge < -0.3 is 0 Å². The Morgan fingerprint density at radius 2 is 1.69 bits per heavy atom. The third-order valence-corrected chi connectivity index (χ3v) is 4.02. The molecule has 2 aliphatic carbocycles. The van der Waals surface area contributed by atoms with Gasteiger partial charge in [0, 0.05) is 5.92 Å². The number of carbonyl (C=O) groups excluding carboxylic acids is 1. The molecule has 92 valence electrons. The van der Waals surface area contributed by atoms with Crippen LogP contribution in [0.15, 0.2) is 0 Å². The van der Waals surface area contributed by atoms with Crippen LogP contribution in [0.4, 0.5) is 0 Å². The number of hydrogen-bond donors (Lipinski definition) is 1. The summed E-state index contributed by atoms with van der Waals surface area (Å²) in [6, 6.07) is 0. The average Bonchev–Trinajstić information content (AvgIpc) is 2.80. The molecule has 0 aromatic rings. The Morgan fingerprint density at radius 1 is 1.06 bits per heavy atom. The number of nitrogens with one attached hydrogen (secondary N) is 1. The van der Waals surface area contributed by atoms with Gasteiger partial charge in [-0.15, -0.1) is 0 Å². The largest absolute Gasteiger partial charge is 0.273 e. The normalized spacial score (nSPS) is 31.6. The van der Waals surface area contributed by atoms with Crippen molar-refractivity contribution in [2.75, 3.05) is 0 Å². The fourth-order valence-electron chi connectivity index (χ4n) is 2.75. The van der Waals surface area contributed by atoms with Crippen molar-refractivity contribution >= 4 is 5.91 Å². The second kappa shape index (κ2) is 5.67. The van der Waals surface area contributed by atoms with Gasteiger partial charge in [-0.25, -0.2) is 5.48 Å². The zero-order valence-electron chi connectivity index (χ0n) is 10.2. The maximum absolute atomic E-state index is 11.8. The van der Waals surface area contributed by atoms with E-state index in [9.17, 15) is 4.79 Å². The van der Waals surface area contributed by atoms with E-state index < -0.39 is 0 Å². The maximum Gasteiger partial charge on any atom is 0.246 e. The lowest BCUT2D eigenvalue weighted by Gasteiger charge is -2.25. The first-order chi connectivity index (χ1) is 7.75. The molecule has 16 heavy (non-hydrogen) atoms. The van der Waals surface area contributed by atoms with Crippen LogP contribution in [0.25, 0.3) is 0 Å². The highest BCUT2D eigenvalue weighted by Gasteiger charge is 2.25. The highest BCUT2D eigenvalue weighted by Crippen LogP contribution is 2.28. The molecule has 2 aliphatic rings. The van der Waals surface area contributed by atoms with Crippen molar-refractivity contribution < 1.29 is 9.63 Å². The van der Waals surface area contributed by atoms with Gasteiger partial charge in [0.05, 0.1) is 6.10 Å². The molecule has 3 nitrogen and oxygen atoms in total. The maximum atomic E-state index is 11.8. The molecule has 2 saturated carbocycles. The standard InChI is InChI=1S/C13H23NO2/c1-10-6-8-11(9-7-10)13(15)14-16-12-4-2-3-5-12/h10-12H,2-9H2,1H3,(H,14,15). The van der Waals surface area contributed by atoms with E-state index in [1.165, 1.54) is 25.7 Å². The van der Waals surface area contributed by atoms with Gasteiger partial charge >= 0.3 is 0 Å². The molecule has 0 unspecified atom stereocenters. The zero-order valence-corrected chi connectivity index (χ0v) is 10.2. The molecular formula is C13H23NO2. The Hall–Kier alpha value is -0.570. The van der Waals surface area contributed by atoms with Gasteiger partial charge in [0.1, 0.15) is 0 Å². The summed E-state index contributed by atoms with van der Waals surface area (Å²) in [7, 11) is 0. The van der Waals surface area contributed by atoms with Crippen molar-refractivity contribution in [1.82, 2.24) is 5.48 Å². The molecule has 0 spiro atoms. The Labute approximate surface area is 97.9 Å². The van der Waals surface area contributed by atoms with Crippen LogP contribution < -0.4 is 5.48 Å². The fourth-order valence-corrected chi connectivity index (χ4v) is 2.75. The van der Waals surface area contributed by atoms with E-state index in [0.29, 0.717) is 0 Å². The molecule has 2 fully saturated rings. The Balaban J connectivity index is 1.67. The second-order valence-corrected chi connectivity index (χ2v) is 5.45. The lowest BCUT2D eigenvalue weighted by Crippen LogP contribution is -2.35. The number of amides is 1. The van der Waals surface area contributed by atoms with Crippen molar-refractivity contribution in [1.29, 1.82) is 0 Å². The summed E-state index contributed by atoms with van der Waals surface area (Å²) in [5.74, 6) is 1.09. The Kier molecular flexibility index (Phi) is 4.22.